The molecule has 0 fully saturated rings. The van der Waals surface area contributed by atoms with Crippen LogP contribution >= 0.6 is 0 Å². The summed E-state index contributed by atoms with van der Waals surface area (Å²) in [5, 5.41) is 20.6. The van der Waals surface area contributed by atoms with Gasteiger partial charge in [-0.3, -0.25) is 19.3 Å². The van der Waals surface area contributed by atoms with Crippen LogP contribution in [0.1, 0.15) is 0 Å². The van der Waals surface area contributed by atoms with Crippen molar-refractivity contribution in [3.63, 3.8) is 0 Å². The van der Waals surface area contributed by atoms with E-state index in [2.05, 4.69) is 30.6 Å². The fourth-order valence-corrected chi connectivity index (χ4v) is 3.91. The summed E-state index contributed by atoms with van der Waals surface area (Å²) in [6, 6.07) is 14.4. The zero-order valence-corrected chi connectivity index (χ0v) is 17.5. The Morgan fingerprint density at radius 3 is 2.09 bits per heavy atom. The topological polar surface area (TPSA) is 191 Å². The molecule has 0 aliphatic carbocycles. The molecule has 0 unspecified atom stereocenters. The first-order chi connectivity index (χ1) is 15.1. The van der Waals surface area contributed by atoms with E-state index in [9.17, 15) is 25.9 Å². The number of aromatic nitrogens is 4. The molecule has 4 rings (SSSR count). The molecule has 2 heterocycles. The second-order valence-corrected chi connectivity index (χ2v) is 9.23. The van der Waals surface area contributed by atoms with Gasteiger partial charge in [-0.1, -0.05) is 42.5 Å². The van der Waals surface area contributed by atoms with E-state index in [0.29, 0.717) is 16.8 Å². The highest BCUT2D eigenvalue weighted by Gasteiger charge is 2.20. The molecule has 0 atom stereocenters. The molecule has 14 heteroatoms. The third-order valence-electron chi connectivity index (χ3n) is 4.36. The normalized spacial score (nSPS) is 12.4. The SMILES string of the molecule is O=S(=O)(O)c1ccc(-c2c(N=Nc3[nH]ncc3S(=O)(=O)O)n[nH]c2-c2ccccc2)cc1. The van der Waals surface area contributed by atoms with Gasteiger partial charge in [-0.05, 0) is 17.7 Å². The molecule has 0 radical (unpaired) electrons. The van der Waals surface area contributed by atoms with Crippen molar-refractivity contribution < 1.29 is 25.9 Å². The van der Waals surface area contributed by atoms with Gasteiger partial charge in [0.2, 0.25) is 5.82 Å². The van der Waals surface area contributed by atoms with Crippen molar-refractivity contribution >= 4 is 31.9 Å². The molecule has 2 aromatic heterocycles. The van der Waals surface area contributed by atoms with Crippen LogP contribution in [0.15, 0.2) is 80.8 Å². The first-order valence-corrected chi connectivity index (χ1v) is 11.7. The average molecular weight is 474 g/mol. The first-order valence-electron chi connectivity index (χ1n) is 8.79. The molecule has 4 N–H and O–H groups in total. The Morgan fingerprint density at radius 2 is 1.47 bits per heavy atom. The van der Waals surface area contributed by atoms with Crippen molar-refractivity contribution in [2.24, 2.45) is 10.2 Å². The van der Waals surface area contributed by atoms with Gasteiger partial charge in [-0.15, -0.1) is 10.2 Å². The van der Waals surface area contributed by atoms with E-state index < -0.39 is 25.1 Å². The summed E-state index contributed by atoms with van der Waals surface area (Å²) in [5.41, 5.74) is 2.22. The van der Waals surface area contributed by atoms with Crippen molar-refractivity contribution in [1.29, 1.82) is 0 Å². The summed E-state index contributed by atoms with van der Waals surface area (Å²) in [4.78, 5) is -0.844. The third kappa shape index (κ3) is 4.33. The molecule has 0 saturated heterocycles. The molecule has 4 aromatic rings. The zero-order chi connectivity index (χ0) is 22.9. The minimum absolute atomic E-state index is 0.0550. The molecular formula is C18H14N6O6S2. The van der Waals surface area contributed by atoms with Gasteiger partial charge < -0.3 is 0 Å². The monoisotopic (exact) mass is 474 g/mol. The number of nitrogens with zero attached hydrogens (tertiary/aromatic N) is 4. The smallest absolute Gasteiger partial charge is 0.282 e. The van der Waals surface area contributed by atoms with E-state index in [4.69, 9.17) is 0 Å². The number of hydrogen-bond donors (Lipinski definition) is 4. The summed E-state index contributed by atoms with van der Waals surface area (Å²) >= 11 is 0. The molecule has 0 aliphatic rings. The summed E-state index contributed by atoms with van der Waals surface area (Å²) in [6.07, 6.45) is 0.887. The van der Waals surface area contributed by atoms with Gasteiger partial charge in [0.15, 0.2) is 10.7 Å². The van der Waals surface area contributed by atoms with Gasteiger partial charge in [-0.25, -0.2) is 0 Å². The van der Waals surface area contributed by atoms with Crippen LogP contribution in [0, 0.1) is 0 Å². The van der Waals surface area contributed by atoms with Gasteiger partial charge in [0, 0.05) is 5.56 Å². The lowest BCUT2D eigenvalue weighted by atomic mass is 10.0. The highest BCUT2D eigenvalue weighted by Crippen LogP contribution is 2.38. The minimum Gasteiger partial charge on any atom is -0.282 e. The van der Waals surface area contributed by atoms with Crippen LogP contribution in [-0.4, -0.2) is 46.3 Å². The summed E-state index contributed by atoms with van der Waals surface area (Å²) in [6.45, 7) is 0. The van der Waals surface area contributed by atoms with E-state index in [1.54, 1.807) is 0 Å². The van der Waals surface area contributed by atoms with Crippen LogP contribution in [0.5, 0.6) is 0 Å². The lowest BCUT2D eigenvalue weighted by Crippen LogP contribution is -1.97. The fraction of sp³-hybridized carbons (Fsp3) is 0. The Bertz CT molecular complexity index is 1510. The molecule has 0 aliphatic heterocycles. The van der Waals surface area contributed by atoms with Crippen LogP contribution in [0.2, 0.25) is 0 Å². The Kier molecular flexibility index (Phi) is 5.43. The first kappa shape index (κ1) is 21.5. The molecule has 0 saturated carbocycles. The number of benzene rings is 2. The number of nitrogens with one attached hydrogen (secondary N) is 2. The van der Waals surface area contributed by atoms with Gasteiger partial charge in [-0.2, -0.15) is 27.0 Å². The number of aromatic amines is 2. The van der Waals surface area contributed by atoms with E-state index >= 15 is 0 Å². The predicted molar refractivity (Wildman–Crippen MR) is 112 cm³/mol. The van der Waals surface area contributed by atoms with E-state index in [1.165, 1.54) is 24.3 Å². The summed E-state index contributed by atoms with van der Waals surface area (Å²) in [7, 11) is -8.95. The largest absolute Gasteiger partial charge is 0.299 e. The third-order valence-corrected chi connectivity index (χ3v) is 6.08. The van der Waals surface area contributed by atoms with Crippen molar-refractivity contribution in [2.45, 2.75) is 9.79 Å². The lowest BCUT2D eigenvalue weighted by Gasteiger charge is -2.05. The number of rotatable bonds is 6. The second kappa shape index (κ2) is 8.08. The van der Waals surface area contributed by atoms with Crippen LogP contribution in [0.25, 0.3) is 22.4 Å². The molecule has 0 spiro atoms. The van der Waals surface area contributed by atoms with Gasteiger partial charge in [0.1, 0.15) is 0 Å². The van der Waals surface area contributed by atoms with Gasteiger partial charge in [0.25, 0.3) is 20.2 Å². The fourth-order valence-electron chi connectivity index (χ4n) is 2.91. The maximum Gasteiger partial charge on any atom is 0.299 e. The lowest BCUT2D eigenvalue weighted by molar-refractivity contribution is 0.481. The van der Waals surface area contributed by atoms with E-state index in [1.807, 2.05) is 30.3 Å². The van der Waals surface area contributed by atoms with Crippen LogP contribution < -0.4 is 0 Å². The number of azo groups is 1. The number of H-pyrrole nitrogens is 2. The molecule has 164 valence electrons. The average Bonchev–Trinajstić information content (AvgIpc) is 3.39. The van der Waals surface area contributed by atoms with E-state index in [0.717, 1.165) is 11.8 Å². The molecule has 0 bridgehead atoms. The molecule has 0 amide bonds. The Balaban J connectivity index is 1.84. The van der Waals surface area contributed by atoms with Crippen molar-refractivity contribution in [1.82, 2.24) is 20.4 Å². The van der Waals surface area contributed by atoms with Crippen LogP contribution in [-0.2, 0) is 20.2 Å². The minimum atomic E-state index is -4.57. The van der Waals surface area contributed by atoms with Gasteiger partial charge in [0.05, 0.1) is 22.3 Å². The molecule has 12 nitrogen and oxygen atoms in total. The van der Waals surface area contributed by atoms with Crippen LogP contribution in [0.3, 0.4) is 0 Å². The maximum atomic E-state index is 11.4. The van der Waals surface area contributed by atoms with Crippen molar-refractivity contribution in [3.05, 3.63) is 60.8 Å². The summed E-state index contributed by atoms with van der Waals surface area (Å²) < 4.78 is 64.0. The van der Waals surface area contributed by atoms with Gasteiger partial charge >= 0.3 is 0 Å². The zero-order valence-electron chi connectivity index (χ0n) is 15.9. The van der Waals surface area contributed by atoms with Crippen molar-refractivity contribution in [2.75, 3.05) is 0 Å². The standard InChI is InChI=1S/C18H14N6O6S2/c25-31(26,27)13-8-6-11(7-9-13)15-16(12-4-2-1-3-5-12)20-23-18(15)24-22-17-14(10-19-21-17)32(28,29)30/h1-10H,(H,19,21)(H,20,23)(H,25,26,27)(H,28,29,30). The second-order valence-electron chi connectivity index (χ2n) is 6.42. The summed E-state index contributed by atoms with van der Waals surface area (Å²) in [5.74, 6) is -0.247. The Hall–Kier alpha value is -3.72. The number of hydrogen-bond acceptors (Lipinski definition) is 8. The maximum absolute atomic E-state index is 11.4. The van der Waals surface area contributed by atoms with Crippen LogP contribution in [0.4, 0.5) is 11.6 Å². The predicted octanol–water partition coefficient (Wildman–Crippen LogP) is 3.38. The Labute approximate surface area is 181 Å². The molecule has 2 aromatic carbocycles. The Morgan fingerprint density at radius 1 is 0.781 bits per heavy atom. The molecular weight excluding hydrogens is 460 g/mol. The molecule has 32 heavy (non-hydrogen) atoms. The highest BCUT2D eigenvalue weighted by molar-refractivity contribution is 7.86. The quantitative estimate of drug-likeness (QED) is 0.241. The van der Waals surface area contributed by atoms with E-state index in [-0.39, 0.29) is 16.5 Å². The highest BCUT2D eigenvalue weighted by atomic mass is 32.2. The van der Waals surface area contributed by atoms with Crippen molar-refractivity contribution in [3.8, 4) is 22.4 Å².